The van der Waals surface area contributed by atoms with Gasteiger partial charge in [-0.1, -0.05) is 30.3 Å². The molecule has 0 bridgehead atoms. The van der Waals surface area contributed by atoms with E-state index in [-0.39, 0.29) is 0 Å². The van der Waals surface area contributed by atoms with Crippen molar-refractivity contribution in [2.24, 2.45) is 11.8 Å². The van der Waals surface area contributed by atoms with Crippen LogP contribution < -0.4 is 0 Å². The predicted molar refractivity (Wildman–Crippen MR) is 92.3 cm³/mol. The minimum atomic E-state index is 0.712. The standard InChI is InChI=1S/C20H21N3O/c1-2-5-15(6-3-1)19-10-21-20-9-16-11-22(12-17(16)13-23(19)20)14-18-7-4-8-24-18/h1-8,10,16-17H,9,11-14H2/t16-,17-/m0/s1. The molecule has 2 aliphatic rings. The van der Waals surface area contributed by atoms with E-state index in [1.165, 1.54) is 17.1 Å². The number of furan rings is 1. The Morgan fingerprint density at radius 3 is 2.71 bits per heavy atom. The lowest BCUT2D eigenvalue weighted by Crippen LogP contribution is -2.28. The van der Waals surface area contributed by atoms with Gasteiger partial charge in [0.1, 0.15) is 11.6 Å². The van der Waals surface area contributed by atoms with Crippen molar-refractivity contribution >= 4 is 0 Å². The van der Waals surface area contributed by atoms with Crippen LogP contribution in [-0.2, 0) is 19.5 Å². The fourth-order valence-corrected chi connectivity index (χ4v) is 4.32. The van der Waals surface area contributed by atoms with Crippen LogP contribution in [0.25, 0.3) is 11.3 Å². The third-order valence-corrected chi connectivity index (χ3v) is 5.48. The molecule has 122 valence electrons. The Morgan fingerprint density at radius 1 is 1.00 bits per heavy atom. The molecule has 2 aliphatic heterocycles. The van der Waals surface area contributed by atoms with Gasteiger partial charge in [0.05, 0.1) is 24.7 Å². The SMILES string of the molecule is c1ccc(-c2cnc3n2C[C@@H]2CN(Cc4ccco4)C[C@@H]2C3)cc1. The fraction of sp³-hybridized carbons (Fsp3) is 0.350. The fourth-order valence-electron chi connectivity index (χ4n) is 4.32. The topological polar surface area (TPSA) is 34.2 Å². The van der Waals surface area contributed by atoms with Crippen LogP contribution in [0.2, 0.25) is 0 Å². The first-order valence-corrected chi connectivity index (χ1v) is 8.71. The second-order valence-electron chi connectivity index (χ2n) is 7.03. The van der Waals surface area contributed by atoms with Gasteiger partial charge in [-0.3, -0.25) is 4.90 Å². The summed E-state index contributed by atoms with van der Waals surface area (Å²) in [5.41, 5.74) is 2.52. The van der Waals surface area contributed by atoms with Crippen LogP contribution in [0.4, 0.5) is 0 Å². The molecule has 5 rings (SSSR count). The van der Waals surface area contributed by atoms with Crippen LogP contribution in [-0.4, -0.2) is 27.5 Å². The summed E-state index contributed by atoms with van der Waals surface area (Å²) in [6.45, 7) is 4.31. The number of hydrogen-bond donors (Lipinski definition) is 0. The van der Waals surface area contributed by atoms with E-state index in [1.807, 2.05) is 12.3 Å². The Labute approximate surface area is 141 Å². The zero-order valence-electron chi connectivity index (χ0n) is 13.6. The Bertz CT molecular complexity index is 822. The molecule has 0 aliphatic carbocycles. The summed E-state index contributed by atoms with van der Waals surface area (Å²) >= 11 is 0. The summed E-state index contributed by atoms with van der Waals surface area (Å²) in [4.78, 5) is 7.25. The first-order chi connectivity index (χ1) is 11.9. The van der Waals surface area contributed by atoms with Gasteiger partial charge in [0, 0.05) is 26.1 Å². The molecule has 1 saturated heterocycles. The molecule has 1 aromatic carbocycles. The molecule has 2 atom stereocenters. The maximum atomic E-state index is 5.51. The first kappa shape index (κ1) is 14.1. The molecule has 24 heavy (non-hydrogen) atoms. The Hall–Kier alpha value is -2.33. The van der Waals surface area contributed by atoms with Crippen molar-refractivity contribution < 1.29 is 4.42 Å². The number of nitrogens with zero attached hydrogens (tertiary/aromatic N) is 3. The monoisotopic (exact) mass is 319 g/mol. The van der Waals surface area contributed by atoms with Crippen LogP contribution in [0, 0.1) is 11.8 Å². The molecule has 0 unspecified atom stereocenters. The average Bonchev–Trinajstić information content (AvgIpc) is 3.32. The predicted octanol–water partition coefficient (Wildman–Crippen LogP) is 3.45. The van der Waals surface area contributed by atoms with Crippen LogP contribution in [0.5, 0.6) is 0 Å². The van der Waals surface area contributed by atoms with Crippen LogP contribution in [0.15, 0.2) is 59.3 Å². The second-order valence-corrected chi connectivity index (χ2v) is 7.03. The number of fused-ring (bicyclic) bond motifs is 2. The van der Waals surface area contributed by atoms with E-state index in [2.05, 4.69) is 45.9 Å². The number of imidazole rings is 1. The van der Waals surface area contributed by atoms with Crippen molar-refractivity contribution in [2.75, 3.05) is 13.1 Å². The number of rotatable bonds is 3. The summed E-state index contributed by atoms with van der Waals surface area (Å²) in [5.74, 6) is 3.74. The Balaban J connectivity index is 1.37. The van der Waals surface area contributed by atoms with E-state index in [0.717, 1.165) is 44.3 Å². The molecule has 4 nitrogen and oxygen atoms in total. The molecular formula is C20H21N3O. The lowest BCUT2D eigenvalue weighted by molar-refractivity contribution is 0.282. The summed E-state index contributed by atoms with van der Waals surface area (Å²) in [6.07, 6.45) is 4.90. The quantitative estimate of drug-likeness (QED) is 0.741. The van der Waals surface area contributed by atoms with Gasteiger partial charge < -0.3 is 8.98 Å². The van der Waals surface area contributed by atoms with Crippen LogP contribution in [0.1, 0.15) is 11.6 Å². The Kier molecular flexibility index (Phi) is 3.30. The van der Waals surface area contributed by atoms with Gasteiger partial charge in [0.2, 0.25) is 0 Å². The van der Waals surface area contributed by atoms with Crippen LogP contribution >= 0.6 is 0 Å². The van der Waals surface area contributed by atoms with Crippen molar-refractivity contribution in [2.45, 2.75) is 19.5 Å². The second kappa shape index (κ2) is 5.64. The highest BCUT2D eigenvalue weighted by Gasteiger charge is 2.38. The molecule has 3 aromatic rings. The van der Waals surface area contributed by atoms with E-state index in [0.29, 0.717) is 5.92 Å². The molecule has 2 aromatic heterocycles. The normalized spacial score (nSPS) is 23.2. The highest BCUT2D eigenvalue weighted by atomic mass is 16.3. The number of aromatic nitrogens is 2. The zero-order valence-corrected chi connectivity index (χ0v) is 13.6. The number of likely N-dealkylation sites (tertiary alicyclic amines) is 1. The molecule has 0 radical (unpaired) electrons. The third kappa shape index (κ3) is 2.38. The summed E-state index contributed by atoms with van der Waals surface area (Å²) in [6, 6.07) is 14.7. The first-order valence-electron chi connectivity index (χ1n) is 8.71. The molecule has 4 heterocycles. The zero-order chi connectivity index (χ0) is 15.9. The van der Waals surface area contributed by atoms with Crippen molar-refractivity contribution in [1.82, 2.24) is 14.5 Å². The van der Waals surface area contributed by atoms with E-state index in [4.69, 9.17) is 9.40 Å². The maximum absolute atomic E-state index is 5.51. The van der Waals surface area contributed by atoms with Crippen molar-refractivity contribution in [1.29, 1.82) is 0 Å². The van der Waals surface area contributed by atoms with E-state index in [1.54, 1.807) is 6.26 Å². The molecular weight excluding hydrogens is 298 g/mol. The van der Waals surface area contributed by atoms with Crippen molar-refractivity contribution in [3.05, 3.63) is 66.5 Å². The van der Waals surface area contributed by atoms with Gasteiger partial charge in [0.15, 0.2) is 0 Å². The lowest BCUT2D eigenvalue weighted by atomic mass is 9.89. The highest BCUT2D eigenvalue weighted by molar-refractivity contribution is 5.59. The largest absolute Gasteiger partial charge is 0.468 e. The average molecular weight is 319 g/mol. The van der Waals surface area contributed by atoms with E-state index >= 15 is 0 Å². The van der Waals surface area contributed by atoms with Crippen molar-refractivity contribution in [3.8, 4) is 11.3 Å². The smallest absolute Gasteiger partial charge is 0.117 e. The minimum Gasteiger partial charge on any atom is -0.468 e. The van der Waals surface area contributed by atoms with Crippen LogP contribution in [0.3, 0.4) is 0 Å². The van der Waals surface area contributed by atoms with E-state index < -0.39 is 0 Å². The van der Waals surface area contributed by atoms with Gasteiger partial charge in [-0.25, -0.2) is 4.98 Å². The molecule has 1 fully saturated rings. The van der Waals surface area contributed by atoms with Gasteiger partial charge in [-0.2, -0.15) is 0 Å². The minimum absolute atomic E-state index is 0.712. The van der Waals surface area contributed by atoms with E-state index in [9.17, 15) is 0 Å². The lowest BCUT2D eigenvalue weighted by Gasteiger charge is -2.27. The maximum Gasteiger partial charge on any atom is 0.117 e. The summed E-state index contributed by atoms with van der Waals surface area (Å²) < 4.78 is 7.95. The van der Waals surface area contributed by atoms with Gasteiger partial charge in [-0.15, -0.1) is 0 Å². The Morgan fingerprint density at radius 2 is 1.88 bits per heavy atom. The number of hydrogen-bond acceptors (Lipinski definition) is 3. The van der Waals surface area contributed by atoms with Crippen molar-refractivity contribution in [3.63, 3.8) is 0 Å². The number of benzene rings is 1. The molecule has 4 heteroatoms. The summed E-state index contributed by atoms with van der Waals surface area (Å²) in [7, 11) is 0. The molecule has 0 amide bonds. The third-order valence-electron chi connectivity index (χ3n) is 5.48. The summed E-state index contributed by atoms with van der Waals surface area (Å²) in [5, 5.41) is 0. The molecule has 0 spiro atoms. The van der Waals surface area contributed by atoms with Gasteiger partial charge in [-0.05, 0) is 29.5 Å². The van der Waals surface area contributed by atoms with Gasteiger partial charge >= 0.3 is 0 Å². The molecule has 0 saturated carbocycles. The highest BCUT2D eigenvalue weighted by Crippen LogP contribution is 2.35. The molecule has 0 N–H and O–H groups in total. The van der Waals surface area contributed by atoms with Gasteiger partial charge in [0.25, 0.3) is 0 Å².